The Hall–Kier alpha value is -0.590. The Labute approximate surface area is 74.7 Å². The molecule has 0 fully saturated rings. The molecule has 12 heavy (non-hydrogen) atoms. The molecule has 0 radical (unpaired) electrons. The monoisotopic (exact) mass is 170 g/mol. The highest BCUT2D eigenvalue weighted by Gasteiger charge is 2.20. The molecule has 0 amide bonds. The number of rotatable bonds is 6. The van der Waals surface area contributed by atoms with E-state index in [4.69, 9.17) is 10.00 Å². The van der Waals surface area contributed by atoms with Crippen molar-refractivity contribution in [3.8, 4) is 6.07 Å². The molecule has 0 spiro atoms. The summed E-state index contributed by atoms with van der Waals surface area (Å²) in [5, 5.41) is 12.0. The molecule has 1 N–H and O–H groups in total. The molecule has 0 aliphatic carbocycles. The zero-order valence-corrected chi connectivity index (χ0v) is 8.18. The van der Waals surface area contributed by atoms with Crippen LogP contribution in [0, 0.1) is 11.3 Å². The van der Waals surface area contributed by atoms with Crippen LogP contribution < -0.4 is 5.32 Å². The Morgan fingerprint density at radius 1 is 1.58 bits per heavy atom. The molecule has 0 aromatic carbocycles. The van der Waals surface area contributed by atoms with Gasteiger partial charge in [0.25, 0.3) is 0 Å². The summed E-state index contributed by atoms with van der Waals surface area (Å²) in [5.41, 5.74) is -0.382. The SMILES string of the molecule is CCCC(C)(C#N)NCCOC. The van der Waals surface area contributed by atoms with Crippen LogP contribution in [0.2, 0.25) is 0 Å². The smallest absolute Gasteiger partial charge is 0.103 e. The lowest BCUT2D eigenvalue weighted by molar-refractivity contribution is 0.191. The number of hydrogen-bond donors (Lipinski definition) is 1. The van der Waals surface area contributed by atoms with Crippen molar-refractivity contribution in [2.45, 2.75) is 32.2 Å². The first-order valence-corrected chi connectivity index (χ1v) is 4.33. The fourth-order valence-electron chi connectivity index (χ4n) is 1.11. The van der Waals surface area contributed by atoms with Gasteiger partial charge in [-0.25, -0.2) is 0 Å². The third kappa shape index (κ3) is 4.32. The van der Waals surface area contributed by atoms with Gasteiger partial charge in [-0.1, -0.05) is 13.3 Å². The third-order valence-electron chi connectivity index (χ3n) is 1.82. The molecule has 0 aromatic heterocycles. The molecular formula is C9H18N2O. The summed E-state index contributed by atoms with van der Waals surface area (Å²) in [6.07, 6.45) is 1.90. The molecule has 0 saturated carbocycles. The fourth-order valence-corrected chi connectivity index (χ4v) is 1.11. The van der Waals surface area contributed by atoms with Gasteiger partial charge in [-0.2, -0.15) is 5.26 Å². The molecule has 0 bridgehead atoms. The van der Waals surface area contributed by atoms with Crippen molar-refractivity contribution in [1.29, 1.82) is 5.26 Å². The minimum atomic E-state index is -0.382. The first-order chi connectivity index (χ1) is 5.68. The lowest BCUT2D eigenvalue weighted by atomic mass is 9.98. The van der Waals surface area contributed by atoms with E-state index in [1.54, 1.807) is 7.11 Å². The Morgan fingerprint density at radius 3 is 2.67 bits per heavy atom. The quantitative estimate of drug-likeness (QED) is 0.611. The lowest BCUT2D eigenvalue weighted by Gasteiger charge is -2.22. The zero-order valence-electron chi connectivity index (χ0n) is 8.18. The number of nitriles is 1. The second-order valence-electron chi connectivity index (χ2n) is 3.11. The van der Waals surface area contributed by atoms with Gasteiger partial charge in [0.2, 0.25) is 0 Å². The number of methoxy groups -OCH3 is 1. The van der Waals surface area contributed by atoms with Crippen LogP contribution in [0.15, 0.2) is 0 Å². The van der Waals surface area contributed by atoms with Crippen LogP contribution >= 0.6 is 0 Å². The van der Waals surface area contributed by atoms with Gasteiger partial charge in [0.1, 0.15) is 5.54 Å². The molecule has 70 valence electrons. The van der Waals surface area contributed by atoms with Gasteiger partial charge in [0, 0.05) is 13.7 Å². The standard InChI is InChI=1S/C9H18N2O/c1-4-5-9(2,8-10)11-6-7-12-3/h11H,4-7H2,1-3H3. The van der Waals surface area contributed by atoms with Crippen LogP contribution in [0.25, 0.3) is 0 Å². The Morgan fingerprint density at radius 2 is 2.25 bits per heavy atom. The van der Waals surface area contributed by atoms with Gasteiger partial charge in [-0.05, 0) is 13.3 Å². The second-order valence-corrected chi connectivity index (χ2v) is 3.11. The van der Waals surface area contributed by atoms with Crippen molar-refractivity contribution >= 4 is 0 Å². The van der Waals surface area contributed by atoms with Crippen molar-refractivity contribution in [2.75, 3.05) is 20.3 Å². The fraction of sp³-hybridized carbons (Fsp3) is 0.889. The molecule has 0 aliphatic rings. The highest BCUT2D eigenvalue weighted by Crippen LogP contribution is 2.09. The van der Waals surface area contributed by atoms with Crippen molar-refractivity contribution < 1.29 is 4.74 Å². The van der Waals surface area contributed by atoms with E-state index in [0.29, 0.717) is 6.61 Å². The number of nitrogens with one attached hydrogen (secondary N) is 1. The van der Waals surface area contributed by atoms with E-state index < -0.39 is 0 Å². The van der Waals surface area contributed by atoms with E-state index >= 15 is 0 Å². The molecule has 0 heterocycles. The second kappa shape index (κ2) is 5.99. The van der Waals surface area contributed by atoms with Crippen LogP contribution in [-0.4, -0.2) is 25.8 Å². The van der Waals surface area contributed by atoms with E-state index in [-0.39, 0.29) is 5.54 Å². The lowest BCUT2D eigenvalue weighted by Crippen LogP contribution is -2.42. The summed E-state index contributed by atoms with van der Waals surface area (Å²) >= 11 is 0. The average molecular weight is 170 g/mol. The Bertz CT molecular complexity index is 153. The first kappa shape index (κ1) is 11.4. The van der Waals surface area contributed by atoms with Crippen LogP contribution in [-0.2, 0) is 4.74 Å². The van der Waals surface area contributed by atoms with Crippen LogP contribution in [0.4, 0.5) is 0 Å². The maximum Gasteiger partial charge on any atom is 0.103 e. The van der Waals surface area contributed by atoms with E-state index in [1.807, 2.05) is 6.92 Å². The van der Waals surface area contributed by atoms with Crippen LogP contribution in [0.1, 0.15) is 26.7 Å². The predicted molar refractivity (Wildman–Crippen MR) is 48.8 cm³/mol. The first-order valence-electron chi connectivity index (χ1n) is 4.33. The Kier molecular flexibility index (Phi) is 5.69. The molecule has 0 rings (SSSR count). The summed E-state index contributed by atoms with van der Waals surface area (Å²) in [6.45, 7) is 5.39. The molecule has 0 aliphatic heterocycles. The summed E-state index contributed by atoms with van der Waals surface area (Å²) in [7, 11) is 1.66. The van der Waals surface area contributed by atoms with Crippen molar-refractivity contribution in [1.82, 2.24) is 5.32 Å². The van der Waals surface area contributed by atoms with Crippen LogP contribution in [0.5, 0.6) is 0 Å². The van der Waals surface area contributed by atoms with Crippen molar-refractivity contribution in [3.05, 3.63) is 0 Å². The number of ether oxygens (including phenoxy) is 1. The van der Waals surface area contributed by atoms with Crippen molar-refractivity contribution in [3.63, 3.8) is 0 Å². The topological polar surface area (TPSA) is 45.0 Å². The van der Waals surface area contributed by atoms with E-state index in [0.717, 1.165) is 19.4 Å². The van der Waals surface area contributed by atoms with Gasteiger partial charge in [-0.15, -0.1) is 0 Å². The summed E-state index contributed by atoms with van der Waals surface area (Å²) in [4.78, 5) is 0. The zero-order chi connectivity index (χ0) is 9.45. The molecule has 3 nitrogen and oxygen atoms in total. The van der Waals surface area contributed by atoms with Gasteiger partial charge < -0.3 is 4.74 Å². The van der Waals surface area contributed by atoms with Crippen LogP contribution in [0.3, 0.4) is 0 Å². The van der Waals surface area contributed by atoms with Crippen molar-refractivity contribution in [2.24, 2.45) is 0 Å². The Balaban J connectivity index is 3.73. The van der Waals surface area contributed by atoms with Gasteiger partial charge in [-0.3, -0.25) is 5.32 Å². The molecular weight excluding hydrogens is 152 g/mol. The summed E-state index contributed by atoms with van der Waals surface area (Å²) in [6, 6.07) is 2.27. The molecule has 3 heteroatoms. The summed E-state index contributed by atoms with van der Waals surface area (Å²) in [5.74, 6) is 0. The minimum Gasteiger partial charge on any atom is -0.383 e. The highest BCUT2D eigenvalue weighted by molar-refractivity contribution is 5.03. The van der Waals surface area contributed by atoms with E-state index in [2.05, 4.69) is 18.3 Å². The largest absolute Gasteiger partial charge is 0.383 e. The van der Waals surface area contributed by atoms with Gasteiger partial charge >= 0.3 is 0 Å². The predicted octanol–water partition coefficient (Wildman–Crippen LogP) is 1.30. The van der Waals surface area contributed by atoms with E-state index in [9.17, 15) is 0 Å². The number of nitrogens with zero attached hydrogens (tertiary/aromatic N) is 1. The third-order valence-corrected chi connectivity index (χ3v) is 1.82. The molecule has 1 atom stereocenters. The molecule has 0 aromatic rings. The highest BCUT2D eigenvalue weighted by atomic mass is 16.5. The van der Waals surface area contributed by atoms with Gasteiger partial charge in [0.15, 0.2) is 0 Å². The maximum atomic E-state index is 8.86. The summed E-state index contributed by atoms with van der Waals surface area (Å²) < 4.78 is 4.89. The van der Waals surface area contributed by atoms with E-state index in [1.165, 1.54) is 0 Å². The van der Waals surface area contributed by atoms with Gasteiger partial charge in [0.05, 0.1) is 12.7 Å². The molecule has 0 saturated heterocycles. The average Bonchev–Trinajstić information content (AvgIpc) is 2.06. The minimum absolute atomic E-state index is 0.382. The number of hydrogen-bond acceptors (Lipinski definition) is 3. The normalized spacial score (nSPS) is 15.2. The molecule has 1 unspecified atom stereocenters. The maximum absolute atomic E-state index is 8.86.